The topological polar surface area (TPSA) is 29.1 Å². The van der Waals surface area contributed by atoms with E-state index in [1.807, 2.05) is 0 Å². The van der Waals surface area contributed by atoms with Crippen LogP contribution in [0.25, 0.3) is 0 Å². The molecule has 2 rings (SSSR count). The Kier molecular flexibility index (Phi) is 5.39. The highest BCUT2D eigenvalue weighted by Gasteiger charge is 2.33. The van der Waals surface area contributed by atoms with Crippen molar-refractivity contribution in [1.29, 1.82) is 0 Å². The molecule has 2 aliphatic rings. The number of halogens is 1. The molecular formula is C17H30ClNO. The summed E-state index contributed by atoms with van der Waals surface area (Å²) in [5.41, 5.74) is 0.386. The zero-order valence-electron chi connectivity index (χ0n) is 13.3. The summed E-state index contributed by atoms with van der Waals surface area (Å²) in [6, 6.07) is 0. The predicted octanol–water partition coefficient (Wildman–Crippen LogP) is 4.36. The van der Waals surface area contributed by atoms with Crippen LogP contribution in [0, 0.1) is 23.2 Å². The van der Waals surface area contributed by atoms with Crippen LogP contribution in [-0.4, -0.2) is 17.8 Å². The standard InChI is InChI=1S/C17H30ClNO/c1-17(2,3)14-9-7-12(8-10-14)16(20)19-11-13-5-4-6-15(13)18/h12-15H,4-11H2,1-3H3,(H,19,20). The van der Waals surface area contributed by atoms with Crippen LogP contribution in [0.15, 0.2) is 0 Å². The average molecular weight is 300 g/mol. The van der Waals surface area contributed by atoms with E-state index in [9.17, 15) is 4.79 Å². The Labute approximate surface area is 129 Å². The van der Waals surface area contributed by atoms with E-state index in [2.05, 4.69) is 26.1 Å². The van der Waals surface area contributed by atoms with Crippen LogP contribution in [0.5, 0.6) is 0 Å². The molecule has 0 aliphatic heterocycles. The molecule has 0 aromatic carbocycles. The molecule has 2 nitrogen and oxygen atoms in total. The number of nitrogens with one attached hydrogen (secondary N) is 1. The molecule has 2 atom stereocenters. The average Bonchev–Trinajstić information content (AvgIpc) is 2.81. The quantitative estimate of drug-likeness (QED) is 0.771. The summed E-state index contributed by atoms with van der Waals surface area (Å²) in [6.45, 7) is 7.74. The maximum Gasteiger partial charge on any atom is 0.223 e. The molecule has 1 N–H and O–H groups in total. The lowest BCUT2D eigenvalue weighted by atomic mass is 9.69. The van der Waals surface area contributed by atoms with Crippen molar-refractivity contribution in [2.24, 2.45) is 23.2 Å². The molecule has 1 amide bonds. The fraction of sp³-hybridized carbons (Fsp3) is 0.941. The van der Waals surface area contributed by atoms with Crippen molar-refractivity contribution in [3.8, 4) is 0 Å². The van der Waals surface area contributed by atoms with Gasteiger partial charge in [0, 0.05) is 17.8 Å². The lowest BCUT2D eigenvalue weighted by molar-refractivity contribution is -0.126. The van der Waals surface area contributed by atoms with E-state index in [-0.39, 0.29) is 17.2 Å². The molecule has 0 heterocycles. The number of hydrogen-bond acceptors (Lipinski definition) is 1. The van der Waals surface area contributed by atoms with Crippen LogP contribution >= 0.6 is 11.6 Å². The van der Waals surface area contributed by atoms with Crippen LogP contribution in [0.2, 0.25) is 0 Å². The van der Waals surface area contributed by atoms with Gasteiger partial charge in [0.05, 0.1) is 0 Å². The first-order valence-electron chi connectivity index (χ1n) is 8.29. The molecule has 0 saturated heterocycles. The Hall–Kier alpha value is -0.240. The van der Waals surface area contributed by atoms with Crippen LogP contribution < -0.4 is 5.32 Å². The van der Waals surface area contributed by atoms with Crippen LogP contribution in [0.3, 0.4) is 0 Å². The van der Waals surface area contributed by atoms with Gasteiger partial charge in [-0.25, -0.2) is 0 Å². The van der Waals surface area contributed by atoms with E-state index in [0.717, 1.165) is 31.7 Å². The van der Waals surface area contributed by atoms with Gasteiger partial charge in [0.2, 0.25) is 5.91 Å². The minimum Gasteiger partial charge on any atom is -0.356 e. The van der Waals surface area contributed by atoms with Crippen LogP contribution in [-0.2, 0) is 4.79 Å². The largest absolute Gasteiger partial charge is 0.356 e. The van der Waals surface area contributed by atoms with E-state index in [4.69, 9.17) is 11.6 Å². The van der Waals surface area contributed by atoms with Crippen LogP contribution in [0.4, 0.5) is 0 Å². The second-order valence-corrected chi connectivity index (χ2v) is 8.43. The van der Waals surface area contributed by atoms with Gasteiger partial charge in [0.15, 0.2) is 0 Å². The van der Waals surface area contributed by atoms with Gasteiger partial charge in [-0.1, -0.05) is 27.2 Å². The van der Waals surface area contributed by atoms with Crippen molar-refractivity contribution in [1.82, 2.24) is 5.32 Å². The fourth-order valence-corrected chi connectivity index (χ4v) is 4.19. The molecule has 2 aliphatic carbocycles. The highest BCUT2D eigenvalue weighted by atomic mass is 35.5. The Morgan fingerprint density at radius 1 is 1.10 bits per heavy atom. The summed E-state index contributed by atoms with van der Waals surface area (Å²) >= 11 is 6.27. The number of hydrogen-bond donors (Lipinski definition) is 1. The second kappa shape index (κ2) is 6.68. The molecule has 2 saturated carbocycles. The van der Waals surface area contributed by atoms with Gasteiger partial charge in [-0.3, -0.25) is 4.79 Å². The highest BCUT2D eigenvalue weighted by Crippen LogP contribution is 2.39. The molecular weight excluding hydrogens is 270 g/mol. The Bertz CT molecular complexity index is 328. The molecule has 20 heavy (non-hydrogen) atoms. The van der Waals surface area contributed by atoms with Gasteiger partial charge in [0.1, 0.15) is 0 Å². The third-order valence-corrected chi connectivity index (χ3v) is 6.00. The summed E-state index contributed by atoms with van der Waals surface area (Å²) in [7, 11) is 0. The zero-order valence-corrected chi connectivity index (χ0v) is 14.0. The van der Waals surface area contributed by atoms with Gasteiger partial charge in [0.25, 0.3) is 0 Å². The molecule has 3 heteroatoms. The van der Waals surface area contributed by atoms with Crippen molar-refractivity contribution >= 4 is 17.5 Å². The molecule has 2 unspecified atom stereocenters. The predicted molar refractivity (Wildman–Crippen MR) is 84.9 cm³/mol. The Morgan fingerprint density at radius 2 is 1.75 bits per heavy atom. The minimum absolute atomic E-state index is 0.240. The number of carbonyl (C=O) groups excluding carboxylic acids is 1. The zero-order chi connectivity index (χ0) is 14.8. The minimum atomic E-state index is 0.240. The molecule has 2 fully saturated rings. The summed E-state index contributed by atoms with van der Waals surface area (Å²) < 4.78 is 0. The van der Waals surface area contributed by atoms with E-state index in [1.165, 1.54) is 25.7 Å². The number of rotatable bonds is 3. The van der Waals surface area contributed by atoms with Gasteiger partial charge in [-0.15, -0.1) is 11.6 Å². The highest BCUT2D eigenvalue weighted by molar-refractivity contribution is 6.20. The molecule has 0 aromatic rings. The summed E-state index contributed by atoms with van der Waals surface area (Å²) in [5.74, 6) is 1.78. The normalized spacial score (nSPS) is 35.0. The number of amides is 1. The first-order valence-corrected chi connectivity index (χ1v) is 8.73. The third-order valence-electron chi connectivity index (χ3n) is 5.43. The maximum atomic E-state index is 12.3. The summed E-state index contributed by atoms with van der Waals surface area (Å²) in [6.07, 6.45) is 8.01. The van der Waals surface area contributed by atoms with E-state index >= 15 is 0 Å². The smallest absolute Gasteiger partial charge is 0.223 e. The SMILES string of the molecule is CC(C)(C)C1CCC(C(=O)NCC2CCCC2Cl)CC1. The first kappa shape index (κ1) is 16.1. The van der Waals surface area contributed by atoms with Crippen molar-refractivity contribution in [3.63, 3.8) is 0 Å². The molecule has 116 valence electrons. The van der Waals surface area contributed by atoms with Crippen molar-refractivity contribution in [2.75, 3.05) is 6.54 Å². The van der Waals surface area contributed by atoms with Crippen molar-refractivity contribution < 1.29 is 4.79 Å². The second-order valence-electron chi connectivity index (χ2n) is 7.87. The van der Waals surface area contributed by atoms with Crippen molar-refractivity contribution in [3.05, 3.63) is 0 Å². The van der Waals surface area contributed by atoms with Crippen molar-refractivity contribution in [2.45, 2.75) is 71.1 Å². The molecule has 0 bridgehead atoms. The molecule has 0 radical (unpaired) electrons. The Balaban J connectivity index is 1.72. The monoisotopic (exact) mass is 299 g/mol. The van der Waals surface area contributed by atoms with Gasteiger partial charge in [-0.05, 0) is 55.8 Å². The van der Waals surface area contributed by atoms with Crippen LogP contribution in [0.1, 0.15) is 65.7 Å². The Morgan fingerprint density at radius 3 is 2.25 bits per heavy atom. The summed E-state index contributed by atoms with van der Waals surface area (Å²) in [4.78, 5) is 12.3. The fourth-order valence-electron chi connectivity index (χ4n) is 3.82. The van der Waals surface area contributed by atoms with Gasteiger partial charge >= 0.3 is 0 Å². The maximum absolute atomic E-state index is 12.3. The number of alkyl halides is 1. The van der Waals surface area contributed by atoms with E-state index < -0.39 is 0 Å². The third kappa shape index (κ3) is 4.13. The van der Waals surface area contributed by atoms with E-state index in [1.54, 1.807) is 0 Å². The number of carbonyl (C=O) groups is 1. The molecule has 0 spiro atoms. The first-order chi connectivity index (χ1) is 9.38. The lowest BCUT2D eigenvalue weighted by Gasteiger charge is -2.36. The van der Waals surface area contributed by atoms with E-state index in [0.29, 0.717) is 11.3 Å². The summed E-state index contributed by atoms with van der Waals surface area (Å²) in [5, 5.41) is 3.43. The lowest BCUT2D eigenvalue weighted by Crippen LogP contribution is -2.38. The molecule has 0 aromatic heterocycles. The van der Waals surface area contributed by atoms with Gasteiger partial charge in [-0.2, -0.15) is 0 Å². The van der Waals surface area contributed by atoms with Gasteiger partial charge < -0.3 is 5.32 Å².